The molecule has 0 aliphatic rings. The molecule has 1 aromatic carbocycles. The summed E-state index contributed by atoms with van der Waals surface area (Å²) in [6.07, 6.45) is -4.70. The van der Waals surface area contributed by atoms with Gasteiger partial charge in [-0.25, -0.2) is 10.3 Å². The third-order valence-corrected chi connectivity index (χ3v) is 2.96. The second-order valence-electron chi connectivity index (χ2n) is 4.68. The van der Waals surface area contributed by atoms with Crippen molar-refractivity contribution in [3.05, 3.63) is 35.7 Å². The van der Waals surface area contributed by atoms with Gasteiger partial charge in [0.2, 0.25) is 5.82 Å². The van der Waals surface area contributed by atoms with Crippen LogP contribution in [0.3, 0.4) is 0 Å². The highest BCUT2D eigenvalue weighted by Crippen LogP contribution is 2.29. The van der Waals surface area contributed by atoms with Gasteiger partial charge in [-0.1, -0.05) is 29.4 Å². The number of urea groups is 1. The van der Waals surface area contributed by atoms with Crippen molar-refractivity contribution < 1.29 is 32.2 Å². The van der Waals surface area contributed by atoms with Crippen molar-refractivity contribution in [1.82, 2.24) is 20.7 Å². The van der Waals surface area contributed by atoms with Gasteiger partial charge < -0.3 is 4.52 Å². The molecular formula is C14H15F3N4O4. The summed E-state index contributed by atoms with van der Waals surface area (Å²) in [6.45, 7) is 2.09. The Morgan fingerprint density at radius 3 is 2.52 bits per heavy atom. The minimum Gasteiger partial charge on any atom is -0.329 e. The lowest BCUT2D eigenvalue weighted by atomic mass is 10.1. The first-order valence-corrected chi connectivity index (χ1v) is 7.08. The maximum Gasteiger partial charge on any atom is 0.471 e. The van der Waals surface area contributed by atoms with Crippen LogP contribution in [0.4, 0.5) is 18.0 Å². The zero-order chi connectivity index (χ0) is 18.4. The molecule has 11 heteroatoms. The van der Waals surface area contributed by atoms with E-state index in [0.717, 1.165) is 5.06 Å². The number of amides is 2. The molecule has 0 atom stereocenters. The van der Waals surface area contributed by atoms with E-state index in [1.807, 2.05) is 0 Å². The fraction of sp³-hybridized carbons (Fsp3) is 0.357. The molecule has 1 N–H and O–H groups in total. The average Bonchev–Trinajstić information content (AvgIpc) is 3.08. The number of carbonyl (C=O) groups excluding carboxylic acids is 1. The van der Waals surface area contributed by atoms with Gasteiger partial charge in [-0.2, -0.15) is 23.2 Å². The van der Waals surface area contributed by atoms with Crippen LogP contribution < -0.4 is 5.48 Å². The van der Waals surface area contributed by atoms with E-state index in [1.165, 1.54) is 19.2 Å². The third kappa shape index (κ3) is 4.90. The van der Waals surface area contributed by atoms with Gasteiger partial charge in [0.15, 0.2) is 0 Å². The molecule has 2 amide bonds. The summed E-state index contributed by atoms with van der Waals surface area (Å²) in [5.41, 5.74) is 3.18. The Labute approximate surface area is 140 Å². The van der Waals surface area contributed by atoms with Gasteiger partial charge in [0, 0.05) is 5.56 Å². The highest BCUT2D eigenvalue weighted by atomic mass is 19.4. The normalized spacial score (nSPS) is 11.4. The average molecular weight is 360 g/mol. The molecule has 2 aromatic rings. The van der Waals surface area contributed by atoms with E-state index in [0.29, 0.717) is 17.7 Å². The number of benzene rings is 1. The van der Waals surface area contributed by atoms with E-state index < -0.39 is 18.1 Å². The maximum absolute atomic E-state index is 12.5. The van der Waals surface area contributed by atoms with Crippen LogP contribution in [0, 0.1) is 0 Å². The second-order valence-corrected chi connectivity index (χ2v) is 4.68. The van der Waals surface area contributed by atoms with Crippen molar-refractivity contribution in [1.29, 1.82) is 0 Å². The second kappa shape index (κ2) is 7.94. The summed E-state index contributed by atoms with van der Waals surface area (Å²) in [7, 11) is 1.32. The number of rotatable bonds is 6. The lowest BCUT2D eigenvalue weighted by molar-refractivity contribution is -0.159. The van der Waals surface area contributed by atoms with Crippen LogP contribution >= 0.6 is 0 Å². The van der Waals surface area contributed by atoms with Gasteiger partial charge in [-0.3, -0.25) is 9.68 Å². The molecule has 0 spiro atoms. The molecule has 2 rings (SSSR count). The van der Waals surface area contributed by atoms with Crippen LogP contribution in [0.25, 0.3) is 11.4 Å². The van der Waals surface area contributed by atoms with E-state index in [-0.39, 0.29) is 12.4 Å². The van der Waals surface area contributed by atoms with Gasteiger partial charge in [-0.15, -0.1) is 0 Å². The number of halogens is 3. The molecule has 25 heavy (non-hydrogen) atoms. The molecule has 0 aliphatic heterocycles. The molecular weight excluding hydrogens is 345 g/mol. The summed E-state index contributed by atoms with van der Waals surface area (Å²) in [6, 6.07) is 5.61. The lowest BCUT2D eigenvalue weighted by Crippen LogP contribution is -2.38. The summed E-state index contributed by atoms with van der Waals surface area (Å²) < 4.78 is 41.6. The van der Waals surface area contributed by atoms with E-state index >= 15 is 0 Å². The SMILES string of the molecule is CCONC(=O)N(Cc1ccc(-c2noc(C(F)(F)F)n2)cc1)OC. The number of nitrogens with one attached hydrogen (secondary N) is 1. The lowest BCUT2D eigenvalue weighted by Gasteiger charge is -2.19. The van der Waals surface area contributed by atoms with E-state index in [2.05, 4.69) is 20.1 Å². The molecule has 1 aromatic heterocycles. The zero-order valence-electron chi connectivity index (χ0n) is 13.3. The van der Waals surface area contributed by atoms with Gasteiger partial charge in [0.25, 0.3) is 0 Å². The van der Waals surface area contributed by atoms with Crippen LogP contribution in [-0.4, -0.2) is 35.0 Å². The molecule has 8 nitrogen and oxygen atoms in total. The fourth-order valence-corrected chi connectivity index (χ4v) is 1.79. The monoisotopic (exact) mass is 360 g/mol. The topological polar surface area (TPSA) is 89.7 Å². The Hall–Kier alpha value is -2.66. The van der Waals surface area contributed by atoms with Crippen LogP contribution in [0.15, 0.2) is 28.8 Å². The van der Waals surface area contributed by atoms with Crippen molar-refractivity contribution in [2.45, 2.75) is 19.6 Å². The highest BCUT2D eigenvalue weighted by Gasteiger charge is 2.38. The molecule has 0 saturated heterocycles. The Bertz CT molecular complexity index is 703. The Morgan fingerprint density at radius 2 is 2.00 bits per heavy atom. The van der Waals surface area contributed by atoms with Crippen LogP contribution in [-0.2, 0) is 22.4 Å². The summed E-state index contributed by atoms with van der Waals surface area (Å²) >= 11 is 0. The smallest absolute Gasteiger partial charge is 0.329 e. The molecule has 0 aliphatic carbocycles. The number of nitrogens with zero attached hydrogens (tertiary/aromatic N) is 3. The molecule has 0 bridgehead atoms. The van der Waals surface area contributed by atoms with Crippen molar-refractivity contribution in [3.63, 3.8) is 0 Å². The molecule has 0 radical (unpaired) electrons. The zero-order valence-corrected chi connectivity index (χ0v) is 13.3. The first-order valence-electron chi connectivity index (χ1n) is 7.08. The first kappa shape index (κ1) is 18.7. The predicted octanol–water partition coefficient (Wildman–Crippen LogP) is 2.78. The van der Waals surface area contributed by atoms with E-state index in [9.17, 15) is 18.0 Å². The van der Waals surface area contributed by atoms with Gasteiger partial charge in [-0.05, 0) is 12.5 Å². The standard InChI is InChI=1S/C14H15F3N4O4/c1-3-24-20-13(22)21(23-2)8-9-4-6-10(7-5-9)11-18-12(25-19-11)14(15,16)17/h4-7H,3,8H2,1-2H3,(H,20,22). The summed E-state index contributed by atoms with van der Waals surface area (Å²) in [4.78, 5) is 24.8. The highest BCUT2D eigenvalue weighted by molar-refractivity contribution is 5.71. The number of hydroxylamine groups is 3. The number of aromatic nitrogens is 2. The number of hydrogen-bond donors (Lipinski definition) is 1. The minimum absolute atomic E-state index is 0.0930. The fourth-order valence-electron chi connectivity index (χ4n) is 1.79. The van der Waals surface area contributed by atoms with Crippen molar-refractivity contribution in [3.8, 4) is 11.4 Å². The number of carbonyl (C=O) groups is 1. The predicted molar refractivity (Wildman–Crippen MR) is 77.4 cm³/mol. The molecule has 0 fully saturated rings. The van der Waals surface area contributed by atoms with Crippen molar-refractivity contribution >= 4 is 6.03 Å². The molecule has 0 unspecified atom stereocenters. The Kier molecular flexibility index (Phi) is 5.93. The van der Waals surface area contributed by atoms with E-state index in [1.54, 1.807) is 19.1 Å². The molecule has 0 saturated carbocycles. The number of alkyl halides is 3. The maximum atomic E-state index is 12.5. The largest absolute Gasteiger partial charge is 0.471 e. The van der Waals surface area contributed by atoms with Crippen molar-refractivity contribution in [2.24, 2.45) is 0 Å². The molecule has 136 valence electrons. The van der Waals surface area contributed by atoms with E-state index in [4.69, 9.17) is 9.68 Å². The van der Waals surface area contributed by atoms with Gasteiger partial charge in [0.1, 0.15) is 0 Å². The minimum atomic E-state index is -4.70. The third-order valence-electron chi connectivity index (χ3n) is 2.96. The first-order chi connectivity index (χ1) is 11.8. The quantitative estimate of drug-likeness (QED) is 0.797. The summed E-state index contributed by atoms with van der Waals surface area (Å²) in [5.74, 6) is -1.60. The summed E-state index contributed by atoms with van der Waals surface area (Å²) in [5, 5.41) is 4.31. The number of hydrogen-bond acceptors (Lipinski definition) is 6. The van der Waals surface area contributed by atoms with Crippen molar-refractivity contribution in [2.75, 3.05) is 13.7 Å². The van der Waals surface area contributed by atoms with Crippen LogP contribution in [0.2, 0.25) is 0 Å². The Morgan fingerprint density at radius 1 is 1.32 bits per heavy atom. The molecule has 1 heterocycles. The van der Waals surface area contributed by atoms with Crippen LogP contribution in [0.1, 0.15) is 18.4 Å². The van der Waals surface area contributed by atoms with Gasteiger partial charge >= 0.3 is 18.1 Å². The van der Waals surface area contributed by atoms with Gasteiger partial charge in [0.05, 0.1) is 20.3 Å². The Balaban J connectivity index is 2.06. The van der Waals surface area contributed by atoms with Crippen LogP contribution in [0.5, 0.6) is 0 Å².